The second kappa shape index (κ2) is 10.1. The lowest BCUT2D eigenvalue weighted by atomic mass is 10.0. The molecule has 0 saturated heterocycles. The molecular formula is C26H23FN2O6S. The van der Waals surface area contributed by atoms with Crippen LogP contribution in [0.25, 0.3) is 21.3 Å². The van der Waals surface area contributed by atoms with Gasteiger partial charge < -0.3 is 29.7 Å². The minimum absolute atomic E-state index is 0.0809. The number of nitrogens with one attached hydrogen (secondary N) is 1. The molecular weight excluding hydrogens is 487 g/mol. The first-order valence-electron chi connectivity index (χ1n) is 11.2. The summed E-state index contributed by atoms with van der Waals surface area (Å²) in [5, 5.41) is 23.2. The molecule has 1 aliphatic rings. The number of halogens is 1. The normalized spacial score (nSPS) is 12.9. The molecule has 10 heteroatoms. The summed E-state index contributed by atoms with van der Waals surface area (Å²) in [6.07, 6.45) is -1.08. The van der Waals surface area contributed by atoms with Crippen molar-refractivity contribution in [2.75, 3.05) is 26.9 Å². The third-order valence-corrected chi connectivity index (χ3v) is 6.98. The van der Waals surface area contributed by atoms with Gasteiger partial charge in [0.25, 0.3) is 5.91 Å². The van der Waals surface area contributed by atoms with Crippen molar-refractivity contribution in [2.24, 2.45) is 0 Å². The van der Waals surface area contributed by atoms with Crippen molar-refractivity contribution in [3.05, 3.63) is 70.5 Å². The molecule has 0 saturated carbocycles. The van der Waals surface area contributed by atoms with Gasteiger partial charge in [-0.3, -0.25) is 4.79 Å². The Kier molecular flexibility index (Phi) is 6.73. The van der Waals surface area contributed by atoms with Crippen LogP contribution in [0.4, 0.5) is 4.39 Å². The number of methoxy groups -OCH3 is 1. The second-order valence-corrected chi connectivity index (χ2v) is 9.16. The topological polar surface area (TPSA) is 110 Å². The first-order valence-corrected chi connectivity index (χ1v) is 12.0. The first kappa shape index (κ1) is 24.0. The number of hydrogen-bond donors (Lipinski definition) is 3. The summed E-state index contributed by atoms with van der Waals surface area (Å²) in [6, 6.07) is 13.0. The Hall–Kier alpha value is -3.73. The Morgan fingerprint density at radius 1 is 1.25 bits per heavy atom. The van der Waals surface area contributed by atoms with E-state index in [1.165, 1.54) is 30.6 Å². The van der Waals surface area contributed by atoms with Crippen LogP contribution in [0.2, 0.25) is 0 Å². The lowest BCUT2D eigenvalue weighted by Gasteiger charge is -2.19. The summed E-state index contributed by atoms with van der Waals surface area (Å²) in [7, 11) is 1.45. The summed E-state index contributed by atoms with van der Waals surface area (Å²) < 4.78 is 31.3. The van der Waals surface area contributed by atoms with Gasteiger partial charge in [-0.2, -0.15) is 0 Å². The van der Waals surface area contributed by atoms with Gasteiger partial charge in [-0.25, -0.2) is 9.37 Å². The molecule has 2 aromatic carbocycles. The molecule has 4 aromatic rings. The maximum Gasteiger partial charge on any atom is 0.251 e. The van der Waals surface area contributed by atoms with Crippen molar-refractivity contribution in [1.29, 1.82) is 0 Å². The van der Waals surface area contributed by atoms with E-state index in [9.17, 15) is 14.3 Å². The van der Waals surface area contributed by atoms with E-state index in [0.29, 0.717) is 45.5 Å². The lowest BCUT2D eigenvalue weighted by Crippen LogP contribution is -2.28. The zero-order valence-corrected chi connectivity index (χ0v) is 20.1. The van der Waals surface area contributed by atoms with E-state index in [1.807, 2.05) is 6.07 Å². The fourth-order valence-corrected chi connectivity index (χ4v) is 5.18. The molecule has 0 bridgehead atoms. The van der Waals surface area contributed by atoms with Crippen LogP contribution < -0.4 is 19.5 Å². The van der Waals surface area contributed by atoms with Crippen LogP contribution in [0, 0.1) is 5.82 Å². The molecule has 1 amide bonds. The highest BCUT2D eigenvalue weighted by Crippen LogP contribution is 2.46. The summed E-state index contributed by atoms with van der Waals surface area (Å²) in [6.45, 7) is 0.202. The summed E-state index contributed by atoms with van der Waals surface area (Å²) in [5.74, 6) is 0.606. The number of carbonyl (C=O) groups is 1. The average Bonchev–Trinajstić information content (AvgIpc) is 3.30. The van der Waals surface area contributed by atoms with Crippen molar-refractivity contribution in [2.45, 2.75) is 12.7 Å². The number of fused-ring (bicyclic) bond motifs is 5. The number of rotatable bonds is 8. The van der Waals surface area contributed by atoms with Crippen molar-refractivity contribution in [3.63, 3.8) is 0 Å². The van der Waals surface area contributed by atoms with E-state index in [2.05, 4.69) is 10.3 Å². The van der Waals surface area contributed by atoms with Gasteiger partial charge in [-0.15, -0.1) is 11.3 Å². The number of aliphatic hydroxyl groups excluding tert-OH is 2. The lowest BCUT2D eigenvalue weighted by molar-refractivity contribution is 0.0913. The smallest absolute Gasteiger partial charge is 0.251 e. The zero-order chi connectivity index (χ0) is 25.2. The molecule has 3 heterocycles. The fourth-order valence-electron chi connectivity index (χ4n) is 4.06. The van der Waals surface area contributed by atoms with E-state index < -0.39 is 12.0 Å². The van der Waals surface area contributed by atoms with Gasteiger partial charge in [-0.1, -0.05) is 12.1 Å². The minimum atomic E-state index is -1.08. The van der Waals surface area contributed by atoms with Gasteiger partial charge in [-0.05, 0) is 36.4 Å². The predicted octanol–water partition coefficient (Wildman–Crippen LogP) is 3.84. The Balaban J connectivity index is 1.34. The van der Waals surface area contributed by atoms with Crippen molar-refractivity contribution in [3.8, 4) is 28.5 Å². The molecule has 0 radical (unpaired) electrons. The number of pyridine rings is 1. The third-order valence-electron chi connectivity index (χ3n) is 5.79. The standard InChI is InChI=1S/C26H23FN2O6S/c1-33-21-11-14(5-7-19(21)34-10-9-30)26(32)28-12-18(31)17-6-8-20-24(29-17)23-15-3-2-4-16(27)25(15)36-22(23)13-35-20/h2-8,11,18,30-31H,9-10,12-13H2,1H3,(H,28,32). The van der Waals surface area contributed by atoms with E-state index >= 15 is 0 Å². The van der Waals surface area contributed by atoms with Gasteiger partial charge in [0.15, 0.2) is 11.5 Å². The number of hydrogen-bond acceptors (Lipinski definition) is 8. The highest BCUT2D eigenvalue weighted by molar-refractivity contribution is 7.19. The summed E-state index contributed by atoms with van der Waals surface area (Å²) in [4.78, 5) is 18.2. The van der Waals surface area contributed by atoms with Crippen LogP contribution in [-0.4, -0.2) is 48.0 Å². The van der Waals surface area contributed by atoms with Crippen LogP contribution in [0.15, 0.2) is 48.5 Å². The Morgan fingerprint density at radius 3 is 2.92 bits per heavy atom. The highest BCUT2D eigenvalue weighted by Gasteiger charge is 2.26. The van der Waals surface area contributed by atoms with Crippen LogP contribution in [-0.2, 0) is 6.61 Å². The number of thiophene rings is 1. The number of ether oxygens (including phenoxy) is 3. The maximum atomic E-state index is 14.3. The van der Waals surface area contributed by atoms with Crippen molar-refractivity contribution in [1.82, 2.24) is 10.3 Å². The molecule has 0 fully saturated rings. The van der Waals surface area contributed by atoms with Crippen LogP contribution in [0.1, 0.15) is 27.0 Å². The molecule has 8 nitrogen and oxygen atoms in total. The van der Waals surface area contributed by atoms with Gasteiger partial charge >= 0.3 is 0 Å². The molecule has 0 spiro atoms. The van der Waals surface area contributed by atoms with Crippen molar-refractivity contribution < 1.29 is 33.6 Å². The molecule has 5 rings (SSSR count). The Morgan fingerprint density at radius 2 is 2.11 bits per heavy atom. The second-order valence-electron chi connectivity index (χ2n) is 8.05. The Labute approximate surface area is 209 Å². The molecule has 1 atom stereocenters. The molecule has 3 N–H and O–H groups in total. The molecule has 1 unspecified atom stereocenters. The number of benzene rings is 2. The molecule has 1 aliphatic heterocycles. The molecule has 2 aromatic heterocycles. The summed E-state index contributed by atoms with van der Waals surface area (Å²) in [5.41, 5.74) is 2.02. The van der Waals surface area contributed by atoms with Gasteiger partial charge in [0.1, 0.15) is 36.6 Å². The highest BCUT2D eigenvalue weighted by atomic mass is 32.1. The quantitative estimate of drug-likeness (QED) is 0.330. The Bertz CT molecular complexity index is 1440. The van der Waals surface area contributed by atoms with Gasteiger partial charge in [0, 0.05) is 23.1 Å². The minimum Gasteiger partial charge on any atom is -0.493 e. The number of nitrogens with zero attached hydrogens (tertiary/aromatic N) is 1. The fraction of sp³-hybridized carbons (Fsp3) is 0.231. The van der Waals surface area contributed by atoms with Gasteiger partial charge in [0.2, 0.25) is 0 Å². The SMILES string of the molecule is COc1cc(C(=O)NCC(O)c2ccc3c(n2)-c2c(sc4c(F)cccc24)CO3)ccc1OCCO. The molecule has 0 aliphatic carbocycles. The van der Waals surface area contributed by atoms with Crippen LogP contribution >= 0.6 is 11.3 Å². The first-order chi connectivity index (χ1) is 17.5. The predicted molar refractivity (Wildman–Crippen MR) is 132 cm³/mol. The average molecular weight is 511 g/mol. The van der Waals surface area contributed by atoms with Crippen LogP contribution in [0.3, 0.4) is 0 Å². The van der Waals surface area contributed by atoms with E-state index in [-0.39, 0.29) is 25.6 Å². The number of aliphatic hydroxyl groups is 2. The number of amides is 1. The summed E-state index contributed by atoms with van der Waals surface area (Å²) >= 11 is 1.33. The monoisotopic (exact) mass is 510 g/mol. The van der Waals surface area contributed by atoms with E-state index in [4.69, 9.17) is 19.3 Å². The third kappa shape index (κ3) is 4.46. The largest absolute Gasteiger partial charge is 0.493 e. The number of carbonyl (C=O) groups excluding carboxylic acids is 1. The molecule has 186 valence electrons. The zero-order valence-electron chi connectivity index (χ0n) is 19.3. The van der Waals surface area contributed by atoms with Crippen LogP contribution in [0.5, 0.6) is 17.2 Å². The molecule has 36 heavy (non-hydrogen) atoms. The maximum absolute atomic E-state index is 14.3. The van der Waals surface area contributed by atoms with E-state index in [0.717, 1.165) is 15.8 Å². The number of aromatic nitrogens is 1. The van der Waals surface area contributed by atoms with Gasteiger partial charge in [0.05, 0.1) is 29.0 Å². The van der Waals surface area contributed by atoms with Crippen molar-refractivity contribution >= 4 is 27.3 Å². The van der Waals surface area contributed by atoms with E-state index in [1.54, 1.807) is 30.3 Å².